The van der Waals surface area contributed by atoms with Crippen LogP contribution in [0.2, 0.25) is 0 Å². The quantitative estimate of drug-likeness (QED) is 0.559. The number of aromatic nitrogens is 3. The van der Waals surface area contributed by atoms with Gasteiger partial charge in [0, 0.05) is 24.3 Å². The second kappa shape index (κ2) is 7.28. The first-order chi connectivity index (χ1) is 13.6. The van der Waals surface area contributed by atoms with Crippen LogP contribution in [0, 0.1) is 0 Å². The number of nitrogens with two attached hydrogens (primary N) is 1. The maximum atomic E-state index is 12.9. The number of methoxy groups -OCH3 is 1. The summed E-state index contributed by atoms with van der Waals surface area (Å²) in [6.07, 6.45) is 5.11. The molecular weight excluding hydrogens is 354 g/mol. The molecule has 0 radical (unpaired) electrons. The molecule has 3 aromatic heterocycles. The van der Waals surface area contributed by atoms with E-state index >= 15 is 0 Å². The van der Waals surface area contributed by atoms with Gasteiger partial charge in [-0.3, -0.25) is 9.78 Å². The molecule has 0 bridgehead atoms. The number of benzene rings is 1. The Morgan fingerprint density at radius 3 is 2.93 bits per heavy atom. The minimum Gasteiger partial charge on any atom is -0.497 e. The van der Waals surface area contributed by atoms with Gasteiger partial charge in [0.15, 0.2) is 0 Å². The molecule has 28 heavy (non-hydrogen) atoms. The Morgan fingerprint density at radius 1 is 1.29 bits per heavy atom. The number of nitrogens with one attached hydrogen (secondary N) is 1. The number of hydrogen-bond acceptors (Lipinski definition) is 5. The summed E-state index contributed by atoms with van der Waals surface area (Å²) in [6.45, 7) is 2.32. The summed E-state index contributed by atoms with van der Waals surface area (Å²) >= 11 is 0. The fourth-order valence-electron chi connectivity index (χ4n) is 3.31. The van der Waals surface area contributed by atoms with Crippen molar-refractivity contribution in [1.29, 1.82) is 0 Å². The summed E-state index contributed by atoms with van der Waals surface area (Å²) in [7, 11) is 1.63. The van der Waals surface area contributed by atoms with Crippen LogP contribution < -0.4 is 15.8 Å². The van der Waals surface area contributed by atoms with Crippen LogP contribution in [0.3, 0.4) is 0 Å². The number of hydrogen-bond donors (Lipinski definition) is 2. The van der Waals surface area contributed by atoms with E-state index in [1.54, 1.807) is 30.2 Å². The molecular formula is C21H21N5O2. The highest BCUT2D eigenvalue weighted by molar-refractivity contribution is 6.01. The third-order valence-electron chi connectivity index (χ3n) is 4.83. The predicted molar refractivity (Wildman–Crippen MR) is 107 cm³/mol. The van der Waals surface area contributed by atoms with Crippen molar-refractivity contribution in [3.05, 3.63) is 71.8 Å². The van der Waals surface area contributed by atoms with Crippen molar-refractivity contribution in [1.82, 2.24) is 19.9 Å². The second-order valence-electron chi connectivity index (χ2n) is 6.61. The summed E-state index contributed by atoms with van der Waals surface area (Å²) in [6, 6.07) is 11.2. The zero-order chi connectivity index (χ0) is 19.7. The Morgan fingerprint density at radius 2 is 2.14 bits per heavy atom. The molecule has 1 aromatic carbocycles. The molecule has 0 spiro atoms. The average molecular weight is 375 g/mol. The predicted octanol–water partition coefficient (Wildman–Crippen LogP) is 2.84. The van der Waals surface area contributed by atoms with Gasteiger partial charge < -0.3 is 15.8 Å². The van der Waals surface area contributed by atoms with Gasteiger partial charge in [0.05, 0.1) is 36.1 Å². The minimum absolute atomic E-state index is 0.210. The van der Waals surface area contributed by atoms with Crippen molar-refractivity contribution in [3.63, 3.8) is 0 Å². The Kier molecular flexibility index (Phi) is 4.67. The number of fused-ring (bicyclic) bond motifs is 2. The normalized spacial score (nSPS) is 12.2. The van der Waals surface area contributed by atoms with Crippen LogP contribution >= 0.6 is 0 Å². The van der Waals surface area contributed by atoms with Crippen molar-refractivity contribution in [2.75, 3.05) is 7.11 Å². The summed E-state index contributed by atoms with van der Waals surface area (Å²) in [5.41, 5.74) is 8.67. The fourth-order valence-corrected chi connectivity index (χ4v) is 3.31. The maximum absolute atomic E-state index is 12.9. The lowest BCUT2D eigenvalue weighted by atomic mass is 10.0. The van der Waals surface area contributed by atoms with E-state index in [2.05, 4.69) is 15.4 Å². The molecule has 4 aromatic rings. The first-order valence-electron chi connectivity index (χ1n) is 9.00. The number of nitrogens with zero attached hydrogens (tertiary/aromatic N) is 3. The van der Waals surface area contributed by atoms with E-state index in [0.29, 0.717) is 12.1 Å². The molecule has 0 aliphatic carbocycles. The lowest BCUT2D eigenvalue weighted by Crippen LogP contribution is -2.27. The second-order valence-corrected chi connectivity index (χ2v) is 6.61. The smallest absolute Gasteiger partial charge is 0.255 e. The lowest BCUT2D eigenvalue weighted by Gasteiger charge is -2.16. The van der Waals surface area contributed by atoms with E-state index < -0.39 is 0 Å². The van der Waals surface area contributed by atoms with Gasteiger partial charge in [0.2, 0.25) is 0 Å². The fraction of sp³-hybridized carbons (Fsp3) is 0.190. The Labute approximate surface area is 162 Å². The van der Waals surface area contributed by atoms with Crippen LogP contribution in [0.15, 0.2) is 55.0 Å². The Hall–Kier alpha value is -3.45. The van der Waals surface area contributed by atoms with Gasteiger partial charge in [0.1, 0.15) is 5.75 Å². The molecule has 142 valence electrons. The number of pyridine rings is 2. The number of carbonyl (C=O) groups excluding carboxylic acids is 1. The topological polar surface area (TPSA) is 94.5 Å². The van der Waals surface area contributed by atoms with Crippen LogP contribution in [-0.2, 0) is 6.54 Å². The van der Waals surface area contributed by atoms with Crippen LogP contribution in [-0.4, -0.2) is 27.6 Å². The van der Waals surface area contributed by atoms with E-state index in [1.807, 2.05) is 43.3 Å². The highest BCUT2D eigenvalue weighted by atomic mass is 16.5. The zero-order valence-corrected chi connectivity index (χ0v) is 15.7. The Bertz CT molecular complexity index is 1170. The van der Waals surface area contributed by atoms with Crippen molar-refractivity contribution in [3.8, 4) is 5.75 Å². The first kappa shape index (κ1) is 17.9. The van der Waals surface area contributed by atoms with Gasteiger partial charge in [-0.15, -0.1) is 0 Å². The van der Waals surface area contributed by atoms with E-state index in [-0.39, 0.29) is 11.9 Å². The SMILES string of the molecule is COc1ccc2ccnc(C(C)NC(=O)c3cnn4ccc(CN)cc34)c2c1. The van der Waals surface area contributed by atoms with Gasteiger partial charge in [0.25, 0.3) is 5.91 Å². The summed E-state index contributed by atoms with van der Waals surface area (Å²) in [4.78, 5) is 17.4. The van der Waals surface area contributed by atoms with Gasteiger partial charge in [-0.05, 0) is 48.2 Å². The van der Waals surface area contributed by atoms with Crippen molar-refractivity contribution >= 4 is 22.2 Å². The molecule has 3 N–H and O–H groups in total. The molecule has 0 aliphatic heterocycles. The zero-order valence-electron chi connectivity index (χ0n) is 15.7. The minimum atomic E-state index is -0.295. The molecule has 7 nitrogen and oxygen atoms in total. The van der Waals surface area contributed by atoms with E-state index in [1.165, 1.54) is 0 Å². The van der Waals surface area contributed by atoms with E-state index in [9.17, 15) is 4.79 Å². The van der Waals surface area contributed by atoms with E-state index in [4.69, 9.17) is 10.5 Å². The van der Waals surface area contributed by atoms with Gasteiger partial charge in [-0.1, -0.05) is 6.07 Å². The third kappa shape index (κ3) is 3.16. The van der Waals surface area contributed by atoms with Crippen molar-refractivity contribution in [2.24, 2.45) is 5.73 Å². The first-order valence-corrected chi connectivity index (χ1v) is 9.00. The molecule has 0 saturated heterocycles. The highest BCUT2D eigenvalue weighted by Gasteiger charge is 2.18. The molecule has 0 aliphatic rings. The van der Waals surface area contributed by atoms with Crippen molar-refractivity contribution in [2.45, 2.75) is 19.5 Å². The molecule has 3 heterocycles. The van der Waals surface area contributed by atoms with Gasteiger partial charge in [-0.2, -0.15) is 5.10 Å². The number of rotatable bonds is 5. The van der Waals surface area contributed by atoms with Gasteiger partial charge >= 0.3 is 0 Å². The standard InChI is InChI=1S/C21H21N5O2/c1-13(20-17-10-16(28-2)4-3-15(17)5-7-23-20)25-21(27)18-12-24-26-8-6-14(11-22)9-19(18)26/h3-10,12-13H,11,22H2,1-2H3,(H,25,27). The number of ether oxygens (including phenoxy) is 1. The summed E-state index contributed by atoms with van der Waals surface area (Å²) in [5.74, 6) is 0.538. The Balaban J connectivity index is 1.66. The largest absolute Gasteiger partial charge is 0.497 e. The third-order valence-corrected chi connectivity index (χ3v) is 4.83. The summed E-state index contributed by atoms with van der Waals surface area (Å²) in [5, 5.41) is 9.26. The molecule has 1 atom stereocenters. The van der Waals surface area contributed by atoms with E-state index in [0.717, 1.165) is 33.3 Å². The van der Waals surface area contributed by atoms with Crippen LogP contribution in [0.25, 0.3) is 16.3 Å². The lowest BCUT2D eigenvalue weighted by molar-refractivity contribution is 0.0941. The average Bonchev–Trinajstić information content (AvgIpc) is 3.16. The number of amides is 1. The maximum Gasteiger partial charge on any atom is 0.255 e. The monoisotopic (exact) mass is 375 g/mol. The molecule has 7 heteroatoms. The van der Waals surface area contributed by atoms with Gasteiger partial charge in [-0.25, -0.2) is 4.52 Å². The highest BCUT2D eigenvalue weighted by Crippen LogP contribution is 2.26. The molecule has 1 amide bonds. The number of carbonyl (C=O) groups is 1. The van der Waals surface area contributed by atoms with Crippen LogP contribution in [0.4, 0.5) is 0 Å². The molecule has 0 saturated carbocycles. The molecule has 4 rings (SSSR count). The molecule has 1 unspecified atom stereocenters. The molecule has 0 fully saturated rings. The van der Waals surface area contributed by atoms with Crippen LogP contribution in [0.5, 0.6) is 5.75 Å². The summed E-state index contributed by atoms with van der Waals surface area (Å²) < 4.78 is 7.00. The van der Waals surface area contributed by atoms with Crippen molar-refractivity contribution < 1.29 is 9.53 Å². The van der Waals surface area contributed by atoms with Crippen LogP contribution in [0.1, 0.15) is 34.6 Å².